The minimum absolute atomic E-state index is 0.191. The third kappa shape index (κ3) is 3.37. The van der Waals surface area contributed by atoms with Crippen LogP contribution in [0.3, 0.4) is 0 Å². The summed E-state index contributed by atoms with van der Waals surface area (Å²) in [7, 11) is 0. The van der Waals surface area contributed by atoms with Crippen LogP contribution in [0.5, 0.6) is 0 Å². The van der Waals surface area contributed by atoms with Crippen molar-refractivity contribution in [3.05, 3.63) is 59.9 Å². The standard InChI is InChI=1S/C21H26N4O/c1-16-8-9-17-5-2-3-7-19(17)25(16)21(26)15-24-12-11-23-14-20(24)18-6-4-10-22-13-18/h2-7,10,13,16,20,23H,8-9,11-12,14-15H2,1H3. The number of nitrogens with one attached hydrogen (secondary N) is 1. The van der Waals surface area contributed by atoms with Gasteiger partial charge in [0.2, 0.25) is 5.91 Å². The molecular weight excluding hydrogens is 324 g/mol. The van der Waals surface area contributed by atoms with Crippen LogP contribution in [-0.4, -0.2) is 48.0 Å². The monoisotopic (exact) mass is 350 g/mol. The summed E-state index contributed by atoms with van der Waals surface area (Å²) in [5.41, 5.74) is 3.53. The SMILES string of the molecule is CC1CCc2ccccc2N1C(=O)CN1CCNCC1c1cccnc1. The highest BCUT2D eigenvalue weighted by atomic mass is 16.2. The van der Waals surface area contributed by atoms with Gasteiger partial charge >= 0.3 is 0 Å². The Morgan fingerprint density at radius 3 is 3.00 bits per heavy atom. The van der Waals surface area contributed by atoms with E-state index in [0.717, 1.165) is 38.2 Å². The molecule has 1 saturated heterocycles. The Kier molecular flexibility index (Phi) is 5.00. The molecule has 5 nitrogen and oxygen atoms in total. The van der Waals surface area contributed by atoms with Gasteiger partial charge in [-0.15, -0.1) is 0 Å². The highest BCUT2D eigenvalue weighted by Gasteiger charge is 2.32. The molecule has 0 aliphatic carbocycles. The fraction of sp³-hybridized carbons (Fsp3) is 0.429. The molecule has 1 fully saturated rings. The molecule has 1 N–H and O–H groups in total. The second-order valence-corrected chi connectivity index (χ2v) is 7.26. The molecule has 2 aliphatic rings. The van der Waals surface area contributed by atoms with Gasteiger partial charge in [-0.2, -0.15) is 0 Å². The Morgan fingerprint density at radius 1 is 1.27 bits per heavy atom. The van der Waals surface area contributed by atoms with Crippen LogP contribution in [-0.2, 0) is 11.2 Å². The molecule has 2 aromatic rings. The number of para-hydroxylation sites is 1. The molecule has 0 saturated carbocycles. The molecule has 2 atom stereocenters. The first kappa shape index (κ1) is 17.2. The number of fused-ring (bicyclic) bond motifs is 1. The van der Waals surface area contributed by atoms with Crippen LogP contribution >= 0.6 is 0 Å². The van der Waals surface area contributed by atoms with Crippen molar-refractivity contribution in [2.24, 2.45) is 0 Å². The van der Waals surface area contributed by atoms with Crippen molar-refractivity contribution in [3.63, 3.8) is 0 Å². The number of amides is 1. The maximum atomic E-state index is 13.3. The number of rotatable bonds is 3. The van der Waals surface area contributed by atoms with Crippen molar-refractivity contribution in [3.8, 4) is 0 Å². The van der Waals surface area contributed by atoms with Gasteiger partial charge < -0.3 is 10.2 Å². The molecule has 5 heteroatoms. The molecule has 0 radical (unpaired) electrons. The first-order chi connectivity index (χ1) is 12.7. The zero-order valence-electron chi connectivity index (χ0n) is 15.3. The smallest absolute Gasteiger partial charge is 0.241 e. The Bertz CT molecular complexity index is 764. The maximum Gasteiger partial charge on any atom is 0.241 e. The van der Waals surface area contributed by atoms with Crippen LogP contribution in [0.15, 0.2) is 48.8 Å². The highest BCUT2D eigenvalue weighted by molar-refractivity contribution is 5.96. The third-order valence-electron chi connectivity index (χ3n) is 5.55. The van der Waals surface area contributed by atoms with Crippen molar-refractivity contribution in [1.82, 2.24) is 15.2 Å². The number of benzene rings is 1. The number of anilines is 1. The normalized spacial score (nSPS) is 23.5. The van der Waals surface area contributed by atoms with Crippen LogP contribution < -0.4 is 10.2 Å². The Hall–Kier alpha value is -2.24. The van der Waals surface area contributed by atoms with E-state index >= 15 is 0 Å². The average molecular weight is 350 g/mol. The van der Waals surface area contributed by atoms with E-state index in [1.807, 2.05) is 23.2 Å². The van der Waals surface area contributed by atoms with E-state index in [4.69, 9.17) is 0 Å². The number of pyridine rings is 1. The number of piperazine rings is 1. The number of nitrogens with zero attached hydrogens (tertiary/aromatic N) is 3. The summed E-state index contributed by atoms with van der Waals surface area (Å²) in [6, 6.07) is 12.8. The van der Waals surface area contributed by atoms with E-state index in [9.17, 15) is 4.79 Å². The Labute approximate surface area is 155 Å². The molecule has 4 rings (SSSR count). The molecule has 2 unspecified atom stereocenters. The molecule has 2 aliphatic heterocycles. The zero-order chi connectivity index (χ0) is 17.9. The third-order valence-corrected chi connectivity index (χ3v) is 5.55. The fourth-order valence-corrected chi connectivity index (χ4v) is 4.16. The van der Waals surface area contributed by atoms with Crippen molar-refractivity contribution in [2.45, 2.75) is 31.8 Å². The molecule has 0 spiro atoms. The summed E-state index contributed by atoms with van der Waals surface area (Å²) >= 11 is 0. The second kappa shape index (κ2) is 7.56. The van der Waals surface area contributed by atoms with Crippen LogP contribution in [0, 0.1) is 0 Å². The summed E-state index contributed by atoms with van der Waals surface area (Å²) in [5.74, 6) is 0.195. The number of aryl methyl sites for hydroxylation is 1. The first-order valence-electron chi connectivity index (χ1n) is 9.48. The minimum atomic E-state index is 0.191. The molecule has 0 bridgehead atoms. The Morgan fingerprint density at radius 2 is 2.15 bits per heavy atom. The van der Waals surface area contributed by atoms with E-state index in [1.54, 1.807) is 6.20 Å². The molecule has 1 amide bonds. The van der Waals surface area contributed by atoms with E-state index in [2.05, 4.69) is 46.4 Å². The molecule has 136 valence electrons. The predicted molar refractivity (Wildman–Crippen MR) is 103 cm³/mol. The lowest BCUT2D eigenvalue weighted by Crippen LogP contribution is -2.52. The molecule has 3 heterocycles. The Balaban J connectivity index is 1.55. The van der Waals surface area contributed by atoms with Gasteiger partial charge in [-0.05, 0) is 43.0 Å². The number of hydrogen-bond donors (Lipinski definition) is 1. The lowest BCUT2D eigenvalue weighted by molar-refractivity contribution is -0.121. The highest BCUT2D eigenvalue weighted by Crippen LogP contribution is 2.31. The van der Waals surface area contributed by atoms with Crippen molar-refractivity contribution in [1.29, 1.82) is 0 Å². The average Bonchev–Trinajstić information content (AvgIpc) is 2.69. The summed E-state index contributed by atoms with van der Waals surface area (Å²) < 4.78 is 0. The first-order valence-corrected chi connectivity index (χ1v) is 9.48. The van der Waals surface area contributed by atoms with Crippen molar-refractivity contribution in [2.75, 3.05) is 31.1 Å². The molecular formula is C21H26N4O. The van der Waals surface area contributed by atoms with Gasteiger partial charge in [0.15, 0.2) is 0 Å². The zero-order valence-corrected chi connectivity index (χ0v) is 15.3. The quantitative estimate of drug-likeness (QED) is 0.923. The van der Waals surface area contributed by atoms with Crippen LogP contribution in [0.1, 0.15) is 30.5 Å². The van der Waals surface area contributed by atoms with Crippen molar-refractivity contribution >= 4 is 11.6 Å². The summed E-state index contributed by atoms with van der Waals surface area (Å²) in [6.07, 6.45) is 5.78. The van der Waals surface area contributed by atoms with Gasteiger partial charge in [0.25, 0.3) is 0 Å². The molecule has 1 aromatic heterocycles. The van der Waals surface area contributed by atoms with Gasteiger partial charge in [-0.25, -0.2) is 0 Å². The molecule has 1 aromatic carbocycles. The van der Waals surface area contributed by atoms with Crippen molar-refractivity contribution < 1.29 is 4.79 Å². The number of aromatic nitrogens is 1. The van der Waals surface area contributed by atoms with E-state index in [0.29, 0.717) is 6.54 Å². The van der Waals surface area contributed by atoms with Gasteiger partial charge in [0, 0.05) is 49.8 Å². The molecule has 26 heavy (non-hydrogen) atoms. The summed E-state index contributed by atoms with van der Waals surface area (Å²) in [5, 5.41) is 3.45. The van der Waals surface area contributed by atoms with E-state index in [1.165, 1.54) is 11.1 Å². The van der Waals surface area contributed by atoms with E-state index < -0.39 is 0 Å². The number of carbonyl (C=O) groups is 1. The van der Waals surface area contributed by atoms with Crippen LogP contribution in [0.2, 0.25) is 0 Å². The van der Waals surface area contributed by atoms with Gasteiger partial charge in [-0.1, -0.05) is 24.3 Å². The van der Waals surface area contributed by atoms with Gasteiger partial charge in [-0.3, -0.25) is 14.7 Å². The fourth-order valence-electron chi connectivity index (χ4n) is 4.16. The van der Waals surface area contributed by atoms with Gasteiger partial charge in [0.1, 0.15) is 0 Å². The minimum Gasteiger partial charge on any atom is -0.314 e. The maximum absolute atomic E-state index is 13.3. The van der Waals surface area contributed by atoms with Crippen LogP contribution in [0.25, 0.3) is 0 Å². The largest absolute Gasteiger partial charge is 0.314 e. The summed E-state index contributed by atoms with van der Waals surface area (Å²) in [4.78, 5) is 21.8. The summed E-state index contributed by atoms with van der Waals surface area (Å²) in [6.45, 7) is 5.24. The lowest BCUT2D eigenvalue weighted by atomic mass is 9.96. The second-order valence-electron chi connectivity index (χ2n) is 7.26. The lowest BCUT2D eigenvalue weighted by Gasteiger charge is -2.40. The van der Waals surface area contributed by atoms with Crippen LogP contribution in [0.4, 0.5) is 5.69 Å². The van der Waals surface area contributed by atoms with E-state index in [-0.39, 0.29) is 18.0 Å². The number of hydrogen-bond acceptors (Lipinski definition) is 4. The topological polar surface area (TPSA) is 48.5 Å². The van der Waals surface area contributed by atoms with Gasteiger partial charge in [0.05, 0.1) is 6.54 Å². The predicted octanol–water partition coefficient (Wildman–Crippen LogP) is 2.40. The number of carbonyl (C=O) groups excluding carboxylic acids is 1.